The summed E-state index contributed by atoms with van der Waals surface area (Å²) in [6.07, 6.45) is -0.0426. The molecule has 2 unspecified atom stereocenters. The molecule has 7 nitrogen and oxygen atoms in total. The van der Waals surface area contributed by atoms with Crippen LogP contribution in [-0.4, -0.2) is 62.3 Å². The van der Waals surface area contributed by atoms with Crippen LogP contribution in [0.15, 0.2) is 0 Å². The predicted octanol–water partition coefficient (Wildman–Crippen LogP) is -1.51. The molecule has 1 aliphatic heterocycles. The Labute approximate surface area is 101 Å². The van der Waals surface area contributed by atoms with Crippen molar-refractivity contribution in [2.24, 2.45) is 5.73 Å². The van der Waals surface area contributed by atoms with Gasteiger partial charge in [-0.25, -0.2) is 4.79 Å². The van der Waals surface area contributed by atoms with E-state index in [1.54, 1.807) is 6.92 Å². The van der Waals surface area contributed by atoms with Gasteiger partial charge < -0.3 is 15.8 Å². The number of hydrogen-bond acceptors (Lipinski definition) is 5. The lowest BCUT2D eigenvalue weighted by atomic mass is 10.2. The maximum absolute atomic E-state index is 11.7. The molecule has 7 heteroatoms. The summed E-state index contributed by atoms with van der Waals surface area (Å²) in [5.41, 5.74) is 5.53. The van der Waals surface area contributed by atoms with Gasteiger partial charge in [-0.2, -0.15) is 0 Å². The Morgan fingerprint density at radius 3 is 2.88 bits per heavy atom. The average Bonchev–Trinajstić information content (AvgIpc) is 2.37. The number of nitrogens with two attached hydrogens (primary N) is 1. The SMILES string of the molecule is CNC(=O)NC(=O)C(C)N1CCOC(CN)C1. The maximum Gasteiger partial charge on any atom is 0.321 e. The normalized spacial score (nSPS) is 22.9. The van der Waals surface area contributed by atoms with E-state index in [4.69, 9.17) is 10.5 Å². The monoisotopic (exact) mass is 244 g/mol. The molecule has 17 heavy (non-hydrogen) atoms. The minimum atomic E-state index is -0.495. The second-order valence-electron chi connectivity index (χ2n) is 3.97. The smallest absolute Gasteiger partial charge is 0.321 e. The van der Waals surface area contributed by atoms with E-state index in [9.17, 15) is 9.59 Å². The molecule has 1 aliphatic rings. The van der Waals surface area contributed by atoms with Gasteiger partial charge in [0, 0.05) is 26.7 Å². The summed E-state index contributed by atoms with van der Waals surface area (Å²) in [5.74, 6) is -0.318. The van der Waals surface area contributed by atoms with Gasteiger partial charge in [-0.15, -0.1) is 0 Å². The summed E-state index contributed by atoms with van der Waals surface area (Å²) in [6.45, 7) is 4.02. The van der Waals surface area contributed by atoms with Crippen LogP contribution in [0, 0.1) is 0 Å². The average molecular weight is 244 g/mol. The lowest BCUT2D eigenvalue weighted by Crippen LogP contribution is -2.55. The molecule has 0 radical (unpaired) electrons. The minimum Gasteiger partial charge on any atom is -0.374 e. The molecule has 1 fully saturated rings. The molecule has 0 aromatic rings. The molecule has 3 amide bonds. The highest BCUT2D eigenvalue weighted by Crippen LogP contribution is 2.08. The Morgan fingerprint density at radius 2 is 2.29 bits per heavy atom. The first-order chi connectivity index (χ1) is 8.08. The number of nitrogens with one attached hydrogen (secondary N) is 2. The molecular formula is C10H20N4O3. The van der Waals surface area contributed by atoms with Crippen molar-refractivity contribution < 1.29 is 14.3 Å². The lowest BCUT2D eigenvalue weighted by molar-refractivity contribution is -0.127. The molecule has 4 N–H and O–H groups in total. The minimum absolute atomic E-state index is 0.0426. The number of ether oxygens (including phenoxy) is 1. The molecular weight excluding hydrogens is 224 g/mol. The molecule has 0 saturated carbocycles. The number of morpholine rings is 1. The predicted molar refractivity (Wildman–Crippen MR) is 62.4 cm³/mol. The Kier molecular flexibility index (Phi) is 5.33. The summed E-state index contributed by atoms with van der Waals surface area (Å²) in [7, 11) is 1.46. The van der Waals surface area contributed by atoms with Gasteiger partial charge in [-0.05, 0) is 6.92 Å². The van der Waals surface area contributed by atoms with Crippen molar-refractivity contribution in [1.82, 2.24) is 15.5 Å². The highest BCUT2D eigenvalue weighted by Gasteiger charge is 2.27. The molecule has 0 spiro atoms. The van der Waals surface area contributed by atoms with Crippen LogP contribution in [0.1, 0.15) is 6.92 Å². The van der Waals surface area contributed by atoms with Gasteiger partial charge in [-0.3, -0.25) is 15.0 Å². The van der Waals surface area contributed by atoms with E-state index in [1.807, 2.05) is 4.90 Å². The Bertz CT molecular complexity index is 285. The second-order valence-corrected chi connectivity index (χ2v) is 3.97. The number of hydrogen-bond donors (Lipinski definition) is 3. The van der Waals surface area contributed by atoms with E-state index in [-0.39, 0.29) is 18.1 Å². The quantitative estimate of drug-likeness (QED) is 0.561. The number of carbonyl (C=O) groups excluding carboxylic acids is 2. The molecule has 98 valence electrons. The highest BCUT2D eigenvalue weighted by molar-refractivity contribution is 5.96. The van der Waals surface area contributed by atoms with Gasteiger partial charge >= 0.3 is 6.03 Å². The zero-order valence-electron chi connectivity index (χ0n) is 10.2. The first kappa shape index (κ1) is 13.9. The topological polar surface area (TPSA) is 96.7 Å². The van der Waals surface area contributed by atoms with Crippen molar-refractivity contribution in [3.63, 3.8) is 0 Å². The Balaban J connectivity index is 2.47. The number of nitrogens with zero attached hydrogens (tertiary/aromatic N) is 1. The first-order valence-electron chi connectivity index (χ1n) is 5.66. The van der Waals surface area contributed by atoms with Crippen LogP contribution in [-0.2, 0) is 9.53 Å². The van der Waals surface area contributed by atoms with Gasteiger partial charge in [0.05, 0.1) is 18.8 Å². The number of rotatable bonds is 3. The molecule has 1 heterocycles. The van der Waals surface area contributed by atoms with Crippen LogP contribution < -0.4 is 16.4 Å². The summed E-state index contributed by atoms with van der Waals surface area (Å²) in [4.78, 5) is 24.7. The summed E-state index contributed by atoms with van der Waals surface area (Å²) in [6, 6.07) is -0.865. The zero-order chi connectivity index (χ0) is 12.8. The third-order valence-electron chi connectivity index (χ3n) is 2.82. The Morgan fingerprint density at radius 1 is 1.59 bits per heavy atom. The molecule has 1 rings (SSSR count). The number of carbonyl (C=O) groups is 2. The summed E-state index contributed by atoms with van der Waals surface area (Å²) < 4.78 is 5.41. The lowest BCUT2D eigenvalue weighted by Gasteiger charge is -2.35. The van der Waals surface area contributed by atoms with Gasteiger partial charge in [0.15, 0.2) is 0 Å². The summed E-state index contributed by atoms with van der Waals surface area (Å²) >= 11 is 0. The van der Waals surface area contributed by atoms with Crippen LogP contribution in [0.5, 0.6) is 0 Å². The highest BCUT2D eigenvalue weighted by atomic mass is 16.5. The van der Waals surface area contributed by atoms with Crippen molar-refractivity contribution >= 4 is 11.9 Å². The van der Waals surface area contributed by atoms with Crippen molar-refractivity contribution in [2.75, 3.05) is 33.3 Å². The largest absolute Gasteiger partial charge is 0.374 e. The van der Waals surface area contributed by atoms with Gasteiger partial charge in [0.1, 0.15) is 0 Å². The maximum atomic E-state index is 11.7. The fourth-order valence-electron chi connectivity index (χ4n) is 1.68. The van der Waals surface area contributed by atoms with Gasteiger partial charge in [0.2, 0.25) is 5.91 Å². The van der Waals surface area contributed by atoms with Crippen molar-refractivity contribution in [3.05, 3.63) is 0 Å². The van der Waals surface area contributed by atoms with E-state index in [0.717, 1.165) is 0 Å². The van der Waals surface area contributed by atoms with E-state index in [1.165, 1.54) is 7.05 Å². The fourth-order valence-corrected chi connectivity index (χ4v) is 1.68. The second kappa shape index (κ2) is 6.53. The molecule has 1 saturated heterocycles. The van der Waals surface area contributed by atoms with E-state index < -0.39 is 6.03 Å². The standard InChI is InChI=1S/C10H20N4O3/c1-7(9(15)13-10(16)12-2)14-3-4-17-8(5-11)6-14/h7-8H,3-6,11H2,1-2H3,(H2,12,13,15,16). The van der Waals surface area contributed by atoms with Crippen molar-refractivity contribution in [2.45, 2.75) is 19.1 Å². The molecule has 0 bridgehead atoms. The van der Waals surface area contributed by atoms with E-state index >= 15 is 0 Å². The van der Waals surface area contributed by atoms with Crippen LogP contribution in [0.3, 0.4) is 0 Å². The molecule has 2 atom stereocenters. The van der Waals surface area contributed by atoms with Gasteiger partial charge in [-0.1, -0.05) is 0 Å². The third-order valence-corrected chi connectivity index (χ3v) is 2.82. The Hall–Kier alpha value is -1.18. The molecule has 0 aromatic heterocycles. The van der Waals surface area contributed by atoms with E-state index in [0.29, 0.717) is 26.2 Å². The van der Waals surface area contributed by atoms with Crippen molar-refractivity contribution in [1.29, 1.82) is 0 Å². The van der Waals surface area contributed by atoms with Crippen LogP contribution in [0.25, 0.3) is 0 Å². The fraction of sp³-hybridized carbons (Fsp3) is 0.800. The number of amides is 3. The van der Waals surface area contributed by atoms with E-state index in [2.05, 4.69) is 10.6 Å². The third kappa shape index (κ3) is 3.95. The zero-order valence-corrected chi connectivity index (χ0v) is 10.2. The van der Waals surface area contributed by atoms with Crippen molar-refractivity contribution in [3.8, 4) is 0 Å². The number of urea groups is 1. The first-order valence-corrected chi connectivity index (χ1v) is 5.66. The molecule has 0 aromatic carbocycles. The van der Waals surface area contributed by atoms with Crippen LogP contribution >= 0.6 is 0 Å². The summed E-state index contributed by atoms with van der Waals surface area (Å²) in [5, 5.41) is 4.60. The van der Waals surface area contributed by atoms with Crippen LogP contribution in [0.4, 0.5) is 4.79 Å². The van der Waals surface area contributed by atoms with Gasteiger partial charge in [0.25, 0.3) is 0 Å². The van der Waals surface area contributed by atoms with Crippen LogP contribution in [0.2, 0.25) is 0 Å². The number of imide groups is 1. The molecule has 0 aliphatic carbocycles.